The second-order valence-corrected chi connectivity index (χ2v) is 8.76. The Morgan fingerprint density at radius 2 is 1.53 bits per heavy atom. The smallest absolute Gasteiger partial charge is 0.326 e. The molecule has 1 aromatic heterocycles. The number of nitrogens with zero attached hydrogens (tertiary/aromatic N) is 1. The second kappa shape index (κ2) is 14.6. The minimum absolute atomic E-state index is 0.0253. The minimum atomic E-state index is -1.52. The van der Waals surface area contributed by atoms with Gasteiger partial charge in [-0.05, 0) is 24.1 Å². The summed E-state index contributed by atoms with van der Waals surface area (Å²) in [5.74, 6) is -5.16. The van der Waals surface area contributed by atoms with Gasteiger partial charge in [0, 0.05) is 36.9 Å². The van der Waals surface area contributed by atoms with Crippen LogP contribution in [0.15, 0.2) is 36.8 Å². The first-order valence-corrected chi connectivity index (χ1v) is 12.1. The van der Waals surface area contributed by atoms with Crippen molar-refractivity contribution in [2.75, 3.05) is 5.75 Å². The van der Waals surface area contributed by atoms with Gasteiger partial charge in [0.05, 0.1) is 12.4 Å². The quantitative estimate of drug-likeness (QED) is 0.117. The van der Waals surface area contributed by atoms with Crippen LogP contribution in [-0.2, 0) is 36.8 Å². The Bertz CT molecular complexity index is 1110. The van der Waals surface area contributed by atoms with Crippen LogP contribution in [0.5, 0.6) is 5.75 Å². The lowest BCUT2D eigenvalue weighted by Gasteiger charge is -2.24. The highest BCUT2D eigenvalue weighted by molar-refractivity contribution is 7.80. The van der Waals surface area contributed by atoms with Gasteiger partial charge in [0.25, 0.3) is 0 Å². The third kappa shape index (κ3) is 9.74. The molecule has 0 aliphatic carbocycles. The number of carboxylic acid groups (broad SMARTS) is 2. The van der Waals surface area contributed by atoms with Crippen LogP contribution < -0.4 is 21.7 Å². The van der Waals surface area contributed by atoms with Crippen LogP contribution in [-0.4, -0.2) is 84.9 Å². The van der Waals surface area contributed by atoms with Crippen molar-refractivity contribution in [2.24, 2.45) is 5.73 Å². The van der Waals surface area contributed by atoms with Crippen molar-refractivity contribution in [2.45, 2.75) is 49.9 Å². The van der Waals surface area contributed by atoms with Crippen LogP contribution in [0.4, 0.5) is 0 Å². The zero-order chi connectivity index (χ0) is 28.2. The number of hydrogen-bond donors (Lipinski definition) is 9. The summed E-state index contributed by atoms with van der Waals surface area (Å²) in [6.45, 7) is 0. The molecule has 0 aliphatic heterocycles. The summed E-state index contributed by atoms with van der Waals surface area (Å²) in [4.78, 5) is 67.6. The van der Waals surface area contributed by atoms with E-state index in [0.29, 0.717) is 11.3 Å². The molecular weight excluding hydrogens is 520 g/mol. The Balaban J connectivity index is 2.14. The van der Waals surface area contributed by atoms with E-state index in [4.69, 9.17) is 10.8 Å². The van der Waals surface area contributed by atoms with Crippen molar-refractivity contribution in [3.63, 3.8) is 0 Å². The average molecular weight is 551 g/mol. The monoisotopic (exact) mass is 550 g/mol. The van der Waals surface area contributed by atoms with Crippen molar-refractivity contribution in [3.8, 4) is 5.75 Å². The lowest BCUT2D eigenvalue weighted by atomic mass is 10.0. The Labute approximate surface area is 222 Å². The number of aromatic hydroxyl groups is 1. The van der Waals surface area contributed by atoms with Crippen molar-refractivity contribution in [1.29, 1.82) is 0 Å². The summed E-state index contributed by atoms with van der Waals surface area (Å²) < 4.78 is 0. The van der Waals surface area contributed by atoms with Gasteiger partial charge in [0.15, 0.2) is 0 Å². The Morgan fingerprint density at radius 3 is 2.08 bits per heavy atom. The standard InChI is InChI=1S/C23H30N6O8S/c24-15(8-13-9-25-11-26-13)20(33)29-18(10-38)22(35)28-17(7-12-1-3-14(30)4-2-12)21(34)27-16(23(36)37)5-6-19(31)32/h1-4,9,11,15-18,30,38H,5-8,10,24H2,(H,25,26)(H,27,34)(H,28,35)(H,29,33)(H,31,32)(H,36,37). The van der Waals surface area contributed by atoms with E-state index >= 15 is 0 Å². The molecule has 3 amide bonds. The molecule has 2 rings (SSSR count). The van der Waals surface area contributed by atoms with Crippen LogP contribution in [0.3, 0.4) is 0 Å². The molecule has 1 heterocycles. The highest BCUT2D eigenvalue weighted by Gasteiger charge is 2.30. The number of rotatable bonds is 15. The van der Waals surface area contributed by atoms with E-state index in [9.17, 15) is 34.2 Å². The number of nitrogens with one attached hydrogen (secondary N) is 4. The molecule has 2 aromatic rings. The van der Waals surface area contributed by atoms with E-state index in [1.807, 2.05) is 0 Å². The van der Waals surface area contributed by atoms with Crippen LogP contribution in [0, 0.1) is 0 Å². The van der Waals surface area contributed by atoms with Crippen molar-refractivity contribution >= 4 is 42.3 Å². The number of phenolic OH excluding ortho intramolecular Hbond substituents is 1. The van der Waals surface area contributed by atoms with Gasteiger partial charge in [-0.2, -0.15) is 12.6 Å². The topological polar surface area (TPSA) is 237 Å². The Hall–Kier alpha value is -4.11. The van der Waals surface area contributed by atoms with E-state index in [1.165, 1.54) is 36.8 Å². The molecule has 0 fully saturated rings. The summed E-state index contributed by atoms with van der Waals surface area (Å²) in [6.07, 6.45) is 2.09. The number of carbonyl (C=O) groups excluding carboxylic acids is 3. The van der Waals surface area contributed by atoms with Gasteiger partial charge in [-0.15, -0.1) is 0 Å². The molecule has 4 unspecified atom stereocenters. The fourth-order valence-electron chi connectivity index (χ4n) is 3.35. The van der Waals surface area contributed by atoms with Crippen LogP contribution in [0.2, 0.25) is 0 Å². The molecule has 38 heavy (non-hydrogen) atoms. The number of aliphatic carboxylic acids is 2. The SMILES string of the molecule is NC(Cc1cnc[nH]1)C(=O)NC(CS)C(=O)NC(Cc1ccc(O)cc1)C(=O)NC(CCC(=O)O)C(=O)O. The summed E-state index contributed by atoms with van der Waals surface area (Å²) in [6, 6.07) is 0.743. The number of aromatic nitrogens is 2. The molecule has 206 valence electrons. The first-order chi connectivity index (χ1) is 18.0. The molecule has 4 atom stereocenters. The summed E-state index contributed by atoms with van der Waals surface area (Å²) in [5.41, 5.74) is 7.04. The highest BCUT2D eigenvalue weighted by Crippen LogP contribution is 2.12. The predicted octanol–water partition coefficient (Wildman–Crippen LogP) is -1.44. The van der Waals surface area contributed by atoms with Gasteiger partial charge >= 0.3 is 11.9 Å². The number of aromatic amines is 1. The highest BCUT2D eigenvalue weighted by atomic mass is 32.1. The van der Waals surface area contributed by atoms with Gasteiger partial charge in [0.2, 0.25) is 17.7 Å². The lowest BCUT2D eigenvalue weighted by molar-refractivity contribution is -0.143. The van der Waals surface area contributed by atoms with Crippen LogP contribution in [0.25, 0.3) is 0 Å². The van der Waals surface area contributed by atoms with E-state index in [-0.39, 0.29) is 30.8 Å². The van der Waals surface area contributed by atoms with Crippen molar-refractivity contribution < 1.29 is 39.3 Å². The van der Waals surface area contributed by atoms with Crippen molar-refractivity contribution in [3.05, 3.63) is 48.0 Å². The Morgan fingerprint density at radius 1 is 0.921 bits per heavy atom. The van der Waals surface area contributed by atoms with E-state index in [1.54, 1.807) is 0 Å². The molecule has 0 aliphatic rings. The summed E-state index contributed by atoms with van der Waals surface area (Å²) in [5, 5.41) is 35.0. The number of thiol groups is 1. The van der Waals surface area contributed by atoms with E-state index < -0.39 is 60.2 Å². The molecule has 0 saturated heterocycles. The zero-order valence-electron chi connectivity index (χ0n) is 20.2. The van der Waals surface area contributed by atoms with E-state index in [2.05, 4.69) is 38.5 Å². The lowest BCUT2D eigenvalue weighted by Crippen LogP contribution is -2.58. The molecule has 0 saturated carbocycles. The second-order valence-electron chi connectivity index (χ2n) is 8.39. The number of H-pyrrole nitrogens is 1. The number of amides is 3. The van der Waals surface area contributed by atoms with Gasteiger partial charge in [-0.3, -0.25) is 19.2 Å². The third-order valence-corrected chi connectivity index (χ3v) is 5.78. The van der Waals surface area contributed by atoms with Crippen LogP contribution >= 0.6 is 12.6 Å². The average Bonchev–Trinajstić information content (AvgIpc) is 3.38. The van der Waals surface area contributed by atoms with Gasteiger partial charge in [-0.25, -0.2) is 9.78 Å². The number of imidazole rings is 1. The molecule has 1 aromatic carbocycles. The summed E-state index contributed by atoms with van der Waals surface area (Å²) in [7, 11) is 0. The molecule has 0 radical (unpaired) electrons. The fraction of sp³-hybridized carbons (Fsp3) is 0.391. The van der Waals surface area contributed by atoms with Crippen molar-refractivity contribution in [1.82, 2.24) is 25.9 Å². The number of phenols is 1. The van der Waals surface area contributed by atoms with Crippen LogP contribution in [0.1, 0.15) is 24.1 Å². The maximum atomic E-state index is 13.0. The predicted molar refractivity (Wildman–Crippen MR) is 136 cm³/mol. The molecule has 15 heteroatoms. The third-order valence-electron chi connectivity index (χ3n) is 5.42. The van der Waals surface area contributed by atoms with Gasteiger partial charge in [-0.1, -0.05) is 12.1 Å². The maximum absolute atomic E-state index is 13.0. The maximum Gasteiger partial charge on any atom is 0.326 e. The molecule has 9 N–H and O–H groups in total. The largest absolute Gasteiger partial charge is 0.508 e. The first kappa shape index (κ1) is 30.1. The van der Waals surface area contributed by atoms with E-state index in [0.717, 1.165) is 0 Å². The normalized spacial score (nSPS) is 13.9. The number of benzene rings is 1. The zero-order valence-corrected chi connectivity index (χ0v) is 21.1. The molecule has 0 bridgehead atoms. The number of hydrogen-bond acceptors (Lipinski definition) is 9. The number of carboxylic acids is 2. The molecule has 14 nitrogen and oxygen atoms in total. The minimum Gasteiger partial charge on any atom is -0.508 e. The molecule has 0 spiro atoms. The molecular formula is C23H30N6O8S. The number of carbonyl (C=O) groups is 5. The Kier molecular flexibility index (Phi) is 11.6. The summed E-state index contributed by atoms with van der Waals surface area (Å²) >= 11 is 4.11. The first-order valence-electron chi connectivity index (χ1n) is 11.5. The van der Waals surface area contributed by atoms with Gasteiger partial charge in [0.1, 0.15) is 23.9 Å². The fourth-order valence-corrected chi connectivity index (χ4v) is 3.60. The van der Waals surface area contributed by atoms with Gasteiger partial charge < -0.3 is 42.0 Å². The number of nitrogens with two attached hydrogens (primary N) is 1.